The predicted octanol–water partition coefficient (Wildman–Crippen LogP) is 3.43. The van der Waals surface area contributed by atoms with Crippen LogP contribution in [-0.2, 0) is 20.6 Å². The fraction of sp³-hybridized carbons (Fsp3) is 0.190. The van der Waals surface area contributed by atoms with Crippen molar-refractivity contribution >= 4 is 39.1 Å². The first kappa shape index (κ1) is 23.4. The van der Waals surface area contributed by atoms with Gasteiger partial charge < -0.3 is 9.73 Å². The zero-order valence-corrected chi connectivity index (χ0v) is 18.6. The molecule has 32 heavy (non-hydrogen) atoms. The van der Waals surface area contributed by atoms with Gasteiger partial charge in [-0.2, -0.15) is 11.8 Å². The predicted molar refractivity (Wildman–Crippen MR) is 122 cm³/mol. The standard InChI is InChI=1S/C21H21N3O6S2/c25-21(22-12-14-31-16-17-7-6-13-30-17)15-23(19-10-4-5-11-20(19)24(26)27)32(28,29)18-8-2-1-3-9-18/h1-11,13H,12,14-16H2,(H,22,25). The number of furan rings is 1. The van der Waals surface area contributed by atoms with E-state index in [-0.39, 0.29) is 10.6 Å². The molecule has 0 aliphatic carbocycles. The summed E-state index contributed by atoms with van der Waals surface area (Å²) < 4.78 is 32.5. The summed E-state index contributed by atoms with van der Waals surface area (Å²) in [6, 6.07) is 16.6. The molecule has 3 aromatic rings. The van der Waals surface area contributed by atoms with Crippen LogP contribution in [0.15, 0.2) is 82.3 Å². The van der Waals surface area contributed by atoms with Gasteiger partial charge in [0.05, 0.1) is 21.8 Å². The molecule has 0 fully saturated rings. The molecule has 0 aliphatic rings. The van der Waals surface area contributed by atoms with Crippen molar-refractivity contribution in [2.24, 2.45) is 0 Å². The Kier molecular flexibility index (Phi) is 7.90. The van der Waals surface area contributed by atoms with E-state index < -0.39 is 33.1 Å². The number of nitrogens with zero attached hydrogens (tertiary/aromatic N) is 2. The van der Waals surface area contributed by atoms with Gasteiger partial charge in [-0.3, -0.25) is 14.9 Å². The summed E-state index contributed by atoms with van der Waals surface area (Å²) in [7, 11) is -4.22. The van der Waals surface area contributed by atoms with Gasteiger partial charge in [0.1, 0.15) is 18.0 Å². The molecule has 1 heterocycles. The van der Waals surface area contributed by atoms with Gasteiger partial charge in [-0.15, -0.1) is 0 Å². The van der Waals surface area contributed by atoms with Crippen molar-refractivity contribution in [2.75, 3.05) is 23.1 Å². The second-order valence-corrected chi connectivity index (χ2v) is 9.52. The third-order valence-corrected chi connectivity index (χ3v) is 7.11. The summed E-state index contributed by atoms with van der Waals surface area (Å²) in [4.78, 5) is 23.3. The van der Waals surface area contributed by atoms with Crippen LogP contribution in [0, 0.1) is 10.1 Å². The smallest absolute Gasteiger partial charge is 0.293 e. The van der Waals surface area contributed by atoms with Crippen molar-refractivity contribution in [3.8, 4) is 0 Å². The van der Waals surface area contributed by atoms with Crippen LogP contribution in [0.5, 0.6) is 0 Å². The molecule has 1 amide bonds. The minimum absolute atomic E-state index is 0.0695. The Labute approximate surface area is 189 Å². The third-order valence-electron chi connectivity index (χ3n) is 4.36. The summed E-state index contributed by atoms with van der Waals surface area (Å²) in [5, 5.41) is 14.2. The number of benzene rings is 2. The molecule has 0 saturated carbocycles. The first-order valence-electron chi connectivity index (χ1n) is 9.57. The Hall–Kier alpha value is -3.31. The van der Waals surface area contributed by atoms with Crippen LogP contribution < -0.4 is 9.62 Å². The largest absolute Gasteiger partial charge is 0.468 e. The molecule has 3 rings (SSSR count). The lowest BCUT2D eigenvalue weighted by atomic mass is 10.2. The molecule has 2 aromatic carbocycles. The van der Waals surface area contributed by atoms with E-state index in [0.717, 1.165) is 10.1 Å². The molecule has 9 nitrogen and oxygen atoms in total. The summed E-state index contributed by atoms with van der Waals surface area (Å²) in [6.45, 7) is -0.286. The fourth-order valence-corrected chi connectivity index (χ4v) is 5.08. The van der Waals surface area contributed by atoms with Crippen LogP contribution in [0.2, 0.25) is 0 Å². The Morgan fingerprint density at radius 1 is 1.06 bits per heavy atom. The Balaban J connectivity index is 1.74. The summed E-state index contributed by atoms with van der Waals surface area (Å²) in [5.41, 5.74) is -0.586. The molecular weight excluding hydrogens is 454 g/mol. The average Bonchev–Trinajstić information content (AvgIpc) is 3.31. The maximum atomic E-state index is 13.3. The first-order valence-corrected chi connectivity index (χ1v) is 12.2. The zero-order valence-electron chi connectivity index (χ0n) is 16.9. The molecular formula is C21H21N3O6S2. The zero-order chi connectivity index (χ0) is 23.0. The quantitative estimate of drug-likeness (QED) is 0.256. The molecule has 1 N–H and O–H groups in total. The lowest BCUT2D eigenvalue weighted by Crippen LogP contribution is -2.41. The number of hydrogen-bond acceptors (Lipinski definition) is 7. The summed E-state index contributed by atoms with van der Waals surface area (Å²) >= 11 is 1.55. The van der Waals surface area contributed by atoms with Crippen molar-refractivity contribution < 1.29 is 22.6 Å². The van der Waals surface area contributed by atoms with Gasteiger partial charge in [-0.05, 0) is 30.3 Å². The van der Waals surface area contributed by atoms with Crippen molar-refractivity contribution in [1.29, 1.82) is 0 Å². The van der Waals surface area contributed by atoms with Gasteiger partial charge in [0.2, 0.25) is 5.91 Å². The van der Waals surface area contributed by atoms with Gasteiger partial charge >= 0.3 is 0 Å². The van der Waals surface area contributed by atoms with Crippen LogP contribution >= 0.6 is 11.8 Å². The number of nitrogens with one attached hydrogen (secondary N) is 1. The van der Waals surface area contributed by atoms with Crippen LogP contribution in [0.4, 0.5) is 11.4 Å². The molecule has 11 heteroatoms. The van der Waals surface area contributed by atoms with Crippen molar-refractivity contribution in [2.45, 2.75) is 10.6 Å². The third kappa shape index (κ3) is 5.89. The second-order valence-electron chi connectivity index (χ2n) is 6.55. The molecule has 0 saturated heterocycles. The van der Waals surface area contributed by atoms with E-state index in [1.54, 1.807) is 42.3 Å². The maximum absolute atomic E-state index is 13.3. The van der Waals surface area contributed by atoms with Gasteiger partial charge in [0, 0.05) is 18.4 Å². The lowest BCUT2D eigenvalue weighted by Gasteiger charge is -2.23. The second kappa shape index (κ2) is 10.8. The number of sulfonamides is 1. The van der Waals surface area contributed by atoms with E-state index in [0.29, 0.717) is 18.1 Å². The number of carbonyl (C=O) groups excluding carboxylic acids is 1. The monoisotopic (exact) mass is 475 g/mol. The topological polar surface area (TPSA) is 123 Å². The Morgan fingerprint density at radius 3 is 2.47 bits per heavy atom. The minimum Gasteiger partial charge on any atom is -0.468 e. The van der Waals surface area contributed by atoms with E-state index in [2.05, 4.69) is 5.32 Å². The minimum atomic E-state index is -4.22. The SMILES string of the molecule is O=C(CN(c1ccccc1[N+](=O)[O-])S(=O)(=O)c1ccccc1)NCCSCc1ccco1. The number of nitro benzene ring substituents is 1. The number of amides is 1. The van der Waals surface area contributed by atoms with Crippen molar-refractivity contribution in [3.05, 3.63) is 88.9 Å². The number of para-hydroxylation sites is 2. The molecule has 1 aromatic heterocycles. The first-order chi connectivity index (χ1) is 15.4. The van der Waals surface area contributed by atoms with E-state index in [9.17, 15) is 23.3 Å². The number of thioether (sulfide) groups is 1. The van der Waals surface area contributed by atoms with Crippen molar-refractivity contribution in [3.63, 3.8) is 0 Å². The Bertz CT molecular complexity index is 1150. The molecule has 0 spiro atoms. The molecule has 0 bridgehead atoms. The molecule has 0 aliphatic heterocycles. The van der Waals surface area contributed by atoms with Gasteiger partial charge in [0.25, 0.3) is 15.7 Å². The average molecular weight is 476 g/mol. The van der Waals surface area contributed by atoms with E-state index in [4.69, 9.17) is 4.42 Å². The summed E-state index contributed by atoms with van der Waals surface area (Å²) in [6.07, 6.45) is 1.59. The van der Waals surface area contributed by atoms with Crippen LogP contribution in [0.25, 0.3) is 0 Å². The number of nitro groups is 1. The van der Waals surface area contributed by atoms with Gasteiger partial charge in [-0.1, -0.05) is 30.3 Å². The normalized spacial score (nSPS) is 11.1. The fourth-order valence-electron chi connectivity index (χ4n) is 2.87. The van der Waals surface area contributed by atoms with Crippen LogP contribution in [-0.4, -0.2) is 38.1 Å². The molecule has 0 atom stereocenters. The summed E-state index contributed by atoms with van der Waals surface area (Å²) in [5.74, 6) is 1.48. The highest BCUT2D eigenvalue weighted by atomic mass is 32.2. The van der Waals surface area contributed by atoms with E-state index >= 15 is 0 Å². The van der Waals surface area contributed by atoms with Crippen LogP contribution in [0.1, 0.15) is 5.76 Å². The Morgan fingerprint density at radius 2 is 1.78 bits per heavy atom. The van der Waals surface area contributed by atoms with Gasteiger partial charge in [0.15, 0.2) is 0 Å². The number of anilines is 1. The lowest BCUT2D eigenvalue weighted by molar-refractivity contribution is -0.384. The maximum Gasteiger partial charge on any atom is 0.293 e. The highest BCUT2D eigenvalue weighted by molar-refractivity contribution is 7.98. The highest BCUT2D eigenvalue weighted by Crippen LogP contribution is 2.31. The van der Waals surface area contributed by atoms with Crippen LogP contribution in [0.3, 0.4) is 0 Å². The van der Waals surface area contributed by atoms with E-state index in [1.165, 1.54) is 36.4 Å². The number of carbonyl (C=O) groups is 1. The van der Waals surface area contributed by atoms with E-state index in [1.807, 2.05) is 6.07 Å². The van der Waals surface area contributed by atoms with Crippen molar-refractivity contribution in [1.82, 2.24) is 5.32 Å². The number of rotatable bonds is 11. The highest BCUT2D eigenvalue weighted by Gasteiger charge is 2.31. The molecule has 0 unspecified atom stereocenters. The molecule has 0 radical (unpaired) electrons. The molecule has 168 valence electrons. The number of hydrogen-bond donors (Lipinski definition) is 1. The van der Waals surface area contributed by atoms with Gasteiger partial charge in [-0.25, -0.2) is 12.7 Å².